The SMILES string of the molecule is O=C(Nc1ccc2oc3ccccc3c2c1)c1cc(F)cc(F)c1. The van der Waals surface area contributed by atoms with Crippen LogP contribution in [0.15, 0.2) is 65.1 Å². The Morgan fingerprint density at radius 1 is 0.833 bits per heavy atom. The van der Waals surface area contributed by atoms with Crippen molar-refractivity contribution in [3.63, 3.8) is 0 Å². The second-order valence-electron chi connectivity index (χ2n) is 5.42. The Hall–Kier alpha value is -3.21. The van der Waals surface area contributed by atoms with Crippen molar-refractivity contribution in [2.45, 2.75) is 0 Å². The lowest BCUT2D eigenvalue weighted by Gasteiger charge is -2.06. The minimum Gasteiger partial charge on any atom is -0.456 e. The molecule has 0 spiro atoms. The molecular weight excluding hydrogens is 312 g/mol. The molecule has 1 heterocycles. The number of para-hydroxylation sites is 1. The van der Waals surface area contributed by atoms with Crippen molar-refractivity contribution in [3.05, 3.63) is 77.9 Å². The molecule has 1 aromatic heterocycles. The summed E-state index contributed by atoms with van der Waals surface area (Å²) < 4.78 is 32.2. The number of fused-ring (bicyclic) bond motifs is 3. The van der Waals surface area contributed by atoms with E-state index in [1.807, 2.05) is 24.3 Å². The Morgan fingerprint density at radius 3 is 2.33 bits per heavy atom. The predicted octanol–water partition coefficient (Wildman–Crippen LogP) is 5.12. The fourth-order valence-corrected chi connectivity index (χ4v) is 2.69. The summed E-state index contributed by atoms with van der Waals surface area (Å²) in [6, 6.07) is 15.5. The second-order valence-corrected chi connectivity index (χ2v) is 5.42. The molecule has 3 aromatic carbocycles. The van der Waals surface area contributed by atoms with Crippen LogP contribution in [0.25, 0.3) is 21.9 Å². The number of hydrogen-bond acceptors (Lipinski definition) is 2. The number of carbonyl (C=O) groups is 1. The number of furan rings is 1. The van der Waals surface area contributed by atoms with Gasteiger partial charge in [-0.15, -0.1) is 0 Å². The number of halogens is 2. The summed E-state index contributed by atoms with van der Waals surface area (Å²) in [5, 5.41) is 4.43. The standard InChI is InChI=1S/C19H11F2NO2/c20-12-7-11(8-13(21)9-12)19(23)22-14-5-6-18-16(10-14)15-3-1-2-4-17(15)24-18/h1-10H,(H,22,23). The number of hydrogen-bond donors (Lipinski definition) is 1. The van der Waals surface area contributed by atoms with Gasteiger partial charge in [-0.25, -0.2) is 8.78 Å². The molecule has 0 fully saturated rings. The first-order valence-electron chi connectivity index (χ1n) is 7.29. The molecular formula is C19H11F2NO2. The average molecular weight is 323 g/mol. The van der Waals surface area contributed by atoms with Crippen LogP contribution in [0.1, 0.15) is 10.4 Å². The van der Waals surface area contributed by atoms with E-state index in [0.717, 1.165) is 34.6 Å². The van der Waals surface area contributed by atoms with Gasteiger partial charge < -0.3 is 9.73 Å². The van der Waals surface area contributed by atoms with Gasteiger partial charge in [-0.2, -0.15) is 0 Å². The first-order valence-corrected chi connectivity index (χ1v) is 7.29. The Balaban J connectivity index is 1.71. The van der Waals surface area contributed by atoms with Crippen molar-refractivity contribution in [2.75, 3.05) is 5.32 Å². The van der Waals surface area contributed by atoms with Gasteiger partial charge in [0.1, 0.15) is 22.8 Å². The van der Waals surface area contributed by atoms with Gasteiger partial charge in [0.25, 0.3) is 5.91 Å². The average Bonchev–Trinajstić information content (AvgIpc) is 2.92. The molecule has 0 bridgehead atoms. The number of anilines is 1. The molecule has 4 aromatic rings. The van der Waals surface area contributed by atoms with Crippen LogP contribution in [0, 0.1) is 11.6 Å². The fourth-order valence-electron chi connectivity index (χ4n) is 2.69. The molecule has 0 aliphatic carbocycles. The number of nitrogens with one attached hydrogen (secondary N) is 1. The van der Waals surface area contributed by atoms with Gasteiger partial charge in [-0.05, 0) is 36.4 Å². The minimum absolute atomic E-state index is 0.0790. The van der Waals surface area contributed by atoms with Gasteiger partial charge in [-0.3, -0.25) is 4.79 Å². The highest BCUT2D eigenvalue weighted by atomic mass is 19.1. The largest absolute Gasteiger partial charge is 0.456 e. The van der Waals surface area contributed by atoms with E-state index >= 15 is 0 Å². The quantitative estimate of drug-likeness (QED) is 0.556. The van der Waals surface area contributed by atoms with Crippen molar-refractivity contribution in [1.29, 1.82) is 0 Å². The van der Waals surface area contributed by atoms with E-state index in [1.165, 1.54) is 0 Å². The highest BCUT2D eigenvalue weighted by molar-refractivity contribution is 6.09. The van der Waals surface area contributed by atoms with E-state index in [0.29, 0.717) is 11.3 Å². The van der Waals surface area contributed by atoms with E-state index < -0.39 is 17.5 Å². The summed E-state index contributed by atoms with van der Waals surface area (Å²) >= 11 is 0. The van der Waals surface area contributed by atoms with E-state index in [9.17, 15) is 13.6 Å². The molecule has 3 nitrogen and oxygen atoms in total. The molecule has 0 aliphatic heterocycles. The monoisotopic (exact) mass is 323 g/mol. The fraction of sp³-hybridized carbons (Fsp3) is 0. The zero-order valence-electron chi connectivity index (χ0n) is 12.3. The zero-order chi connectivity index (χ0) is 16.7. The molecule has 0 unspecified atom stereocenters. The van der Waals surface area contributed by atoms with E-state index in [2.05, 4.69) is 5.32 Å². The van der Waals surface area contributed by atoms with Crippen molar-refractivity contribution < 1.29 is 18.0 Å². The molecule has 0 saturated carbocycles. The molecule has 0 radical (unpaired) electrons. The van der Waals surface area contributed by atoms with Crippen LogP contribution in [0.3, 0.4) is 0 Å². The molecule has 4 rings (SSSR count). The molecule has 0 aliphatic rings. The third kappa shape index (κ3) is 2.50. The van der Waals surface area contributed by atoms with Crippen LogP contribution >= 0.6 is 0 Å². The lowest BCUT2D eigenvalue weighted by atomic mass is 10.1. The first kappa shape index (κ1) is 14.4. The molecule has 24 heavy (non-hydrogen) atoms. The molecule has 1 N–H and O–H groups in total. The Bertz CT molecular complexity index is 1070. The molecule has 5 heteroatoms. The van der Waals surface area contributed by atoms with Crippen molar-refractivity contribution in [1.82, 2.24) is 0 Å². The lowest BCUT2D eigenvalue weighted by molar-refractivity contribution is 0.102. The highest BCUT2D eigenvalue weighted by Gasteiger charge is 2.11. The maximum atomic E-state index is 13.2. The first-order chi connectivity index (χ1) is 11.6. The number of benzene rings is 3. The topological polar surface area (TPSA) is 42.2 Å². The number of amides is 1. The zero-order valence-corrected chi connectivity index (χ0v) is 12.3. The van der Waals surface area contributed by atoms with E-state index in [4.69, 9.17) is 4.42 Å². The van der Waals surface area contributed by atoms with E-state index in [-0.39, 0.29) is 5.56 Å². The van der Waals surface area contributed by atoms with Gasteiger partial charge in [0.15, 0.2) is 0 Å². The van der Waals surface area contributed by atoms with Gasteiger partial charge in [0.05, 0.1) is 0 Å². The summed E-state index contributed by atoms with van der Waals surface area (Å²) in [5.74, 6) is -2.17. The minimum atomic E-state index is -0.795. The maximum absolute atomic E-state index is 13.2. The van der Waals surface area contributed by atoms with Crippen LogP contribution in [0.2, 0.25) is 0 Å². The normalized spacial score (nSPS) is 11.1. The number of carbonyl (C=O) groups excluding carboxylic acids is 1. The third-order valence-electron chi connectivity index (χ3n) is 3.76. The van der Waals surface area contributed by atoms with Gasteiger partial charge in [-0.1, -0.05) is 18.2 Å². The summed E-state index contributed by atoms with van der Waals surface area (Å²) in [4.78, 5) is 12.2. The molecule has 1 amide bonds. The van der Waals surface area contributed by atoms with Gasteiger partial charge in [0.2, 0.25) is 0 Å². The van der Waals surface area contributed by atoms with Crippen LogP contribution in [0.5, 0.6) is 0 Å². The van der Waals surface area contributed by atoms with Gasteiger partial charge in [0, 0.05) is 28.1 Å². The molecule has 118 valence electrons. The number of rotatable bonds is 2. The molecule has 0 saturated heterocycles. The highest BCUT2D eigenvalue weighted by Crippen LogP contribution is 2.30. The van der Waals surface area contributed by atoms with Gasteiger partial charge >= 0.3 is 0 Å². The maximum Gasteiger partial charge on any atom is 0.255 e. The Kier molecular flexibility index (Phi) is 3.27. The van der Waals surface area contributed by atoms with Crippen LogP contribution in [-0.4, -0.2) is 5.91 Å². The lowest BCUT2D eigenvalue weighted by Crippen LogP contribution is -2.12. The third-order valence-corrected chi connectivity index (χ3v) is 3.76. The predicted molar refractivity (Wildman–Crippen MR) is 88.0 cm³/mol. The van der Waals surface area contributed by atoms with Crippen molar-refractivity contribution in [3.8, 4) is 0 Å². The van der Waals surface area contributed by atoms with Crippen molar-refractivity contribution >= 4 is 33.5 Å². The second kappa shape index (κ2) is 5.45. The summed E-state index contributed by atoms with van der Waals surface area (Å²) in [5.41, 5.74) is 1.89. The van der Waals surface area contributed by atoms with Crippen LogP contribution in [-0.2, 0) is 0 Å². The van der Waals surface area contributed by atoms with Crippen LogP contribution in [0.4, 0.5) is 14.5 Å². The molecule has 0 atom stereocenters. The smallest absolute Gasteiger partial charge is 0.255 e. The summed E-state index contributed by atoms with van der Waals surface area (Å²) in [6.07, 6.45) is 0. The van der Waals surface area contributed by atoms with Crippen molar-refractivity contribution in [2.24, 2.45) is 0 Å². The summed E-state index contributed by atoms with van der Waals surface area (Å²) in [7, 11) is 0. The Morgan fingerprint density at radius 2 is 1.54 bits per heavy atom. The van der Waals surface area contributed by atoms with Crippen LogP contribution < -0.4 is 5.32 Å². The Labute approximate surface area is 135 Å². The summed E-state index contributed by atoms with van der Waals surface area (Å²) in [6.45, 7) is 0. The van der Waals surface area contributed by atoms with E-state index in [1.54, 1.807) is 18.2 Å².